The van der Waals surface area contributed by atoms with Crippen LogP contribution in [0.2, 0.25) is 10.0 Å². The zero-order chi connectivity index (χ0) is 26.0. The molecule has 2 saturated heterocycles. The molecular weight excluding hydrogens is 503 g/mol. The molecule has 0 bridgehead atoms. The van der Waals surface area contributed by atoms with Crippen molar-refractivity contribution < 1.29 is 9.90 Å². The van der Waals surface area contributed by atoms with Crippen LogP contribution in [0.3, 0.4) is 0 Å². The van der Waals surface area contributed by atoms with Crippen LogP contribution in [0.4, 0.5) is 0 Å². The van der Waals surface area contributed by atoms with Gasteiger partial charge in [-0.2, -0.15) is 0 Å². The van der Waals surface area contributed by atoms with Crippen LogP contribution < -0.4 is 0 Å². The molecule has 3 aromatic carbocycles. The standard InChI is InChI=1S/C31H34Cl2N2O2/c1-22(34-19-16-31(37,17-20-34)25-11-6-3-7-12-25)29-26(24-14-15-27(32)28(33)21-24)13-8-18-35(29)30(36)23-9-4-2-5-10-23/h2-7,9-12,14-15,21-22,26,29,37H,8,13,16-20H2,1H3. The minimum absolute atomic E-state index is 0.0263. The summed E-state index contributed by atoms with van der Waals surface area (Å²) in [5.74, 6) is 0.209. The van der Waals surface area contributed by atoms with Crippen molar-refractivity contribution in [1.82, 2.24) is 9.80 Å². The van der Waals surface area contributed by atoms with Crippen LogP contribution >= 0.6 is 23.2 Å². The van der Waals surface area contributed by atoms with E-state index in [1.54, 1.807) is 0 Å². The average molecular weight is 538 g/mol. The van der Waals surface area contributed by atoms with E-state index in [2.05, 4.69) is 22.8 Å². The number of halogens is 2. The first kappa shape index (κ1) is 26.2. The average Bonchev–Trinajstić information content (AvgIpc) is 2.95. The maximum Gasteiger partial charge on any atom is 0.254 e. The van der Waals surface area contributed by atoms with Crippen LogP contribution in [0.1, 0.15) is 60.0 Å². The van der Waals surface area contributed by atoms with Crippen molar-refractivity contribution in [2.24, 2.45) is 0 Å². The summed E-state index contributed by atoms with van der Waals surface area (Å²) in [6.07, 6.45) is 3.24. The molecular formula is C31H34Cl2N2O2. The van der Waals surface area contributed by atoms with E-state index >= 15 is 0 Å². The number of piperidine rings is 2. The Balaban J connectivity index is 1.44. The zero-order valence-electron chi connectivity index (χ0n) is 21.2. The molecule has 37 heavy (non-hydrogen) atoms. The summed E-state index contributed by atoms with van der Waals surface area (Å²) in [6.45, 7) is 4.50. The first-order valence-electron chi connectivity index (χ1n) is 13.2. The number of rotatable bonds is 5. The number of likely N-dealkylation sites (tertiary alicyclic amines) is 2. The van der Waals surface area contributed by atoms with E-state index in [-0.39, 0.29) is 23.9 Å². The van der Waals surface area contributed by atoms with Gasteiger partial charge in [0.15, 0.2) is 0 Å². The predicted molar refractivity (Wildman–Crippen MR) is 150 cm³/mol. The Morgan fingerprint density at radius 3 is 2.22 bits per heavy atom. The zero-order valence-corrected chi connectivity index (χ0v) is 22.7. The lowest BCUT2D eigenvalue weighted by Gasteiger charge is -2.50. The maximum atomic E-state index is 13.8. The van der Waals surface area contributed by atoms with Crippen molar-refractivity contribution in [2.45, 2.75) is 56.2 Å². The lowest BCUT2D eigenvalue weighted by molar-refractivity contribution is -0.0470. The van der Waals surface area contributed by atoms with Gasteiger partial charge in [-0.3, -0.25) is 9.69 Å². The summed E-state index contributed by atoms with van der Waals surface area (Å²) in [4.78, 5) is 18.3. The van der Waals surface area contributed by atoms with Crippen molar-refractivity contribution in [2.75, 3.05) is 19.6 Å². The molecule has 6 heteroatoms. The van der Waals surface area contributed by atoms with E-state index in [4.69, 9.17) is 23.2 Å². The molecule has 5 rings (SSSR count). The quantitative estimate of drug-likeness (QED) is 0.392. The summed E-state index contributed by atoms with van der Waals surface area (Å²) in [5.41, 5.74) is 2.00. The molecule has 3 atom stereocenters. The third-order valence-electron chi connectivity index (χ3n) is 8.35. The minimum Gasteiger partial charge on any atom is -0.385 e. The van der Waals surface area contributed by atoms with Gasteiger partial charge in [-0.1, -0.05) is 77.8 Å². The van der Waals surface area contributed by atoms with E-state index < -0.39 is 5.60 Å². The number of aliphatic hydroxyl groups is 1. The first-order valence-corrected chi connectivity index (χ1v) is 14.0. The van der Waals surface area contributed by atoms with Gasteiger partial charge in [-0.25, -0.2) is 0 Å². The molecule has 4 nitrogen and oxygen atoms in total. The first-order chi connectivity index (χ1) is 17.9. The summed E-state index contributed by atoms with van der Waals surface area (Å²) in [5, 5.41) is 12.5. The van der Waals surface area contributed by atoms with Crippen LogP contribution in [0.5, 0.6) is 0 Å². The molecule has 194 valence electrons. The Labute approximate surface area is 229 Å². The fraction of sp³-hybridized carbons (Fsp3) is 0.387. The molecule has 0 spiro atoms. The molecule has 0 aliphatic carbocycles. The Kier molecular flexibility index (Phi) is 7.92. The Bertz CT molecular complexity index is 1210. The highest BCUT2D eigenvalue weighted by atomic mass is 35.5. The minimum atomic E-state index is -0.813. The topological polar surface area (TPSA) is 43.8 Å². The number of carbonyl (C=O) groups excluding carboxylic acids is 1. The van der Waals surface area contributed by atoms with Crippen molar-refractivity contribution >= 4 is 29.1 Å². The summed E-state index contributed by atoms with van der Waals surface area (Å²) in [7, 11) is 0. The fourth-order valence-corrected chi connectivity index (χ4v) is 6.57. The predicted octanol–water partition coefficient (Wildman–Crippen LogP) is 6.75. The van der Waals surface area contributed by atoms with E-state index in [0.29, 0.717) is 28.5 Å². The number of amides is 1. The summed E-state index contributed by atoms with van der Waals surface area (Å²) >= 11 is 12.7. The molecule has 2 fully saturated rings. The van der Waals surface area contributed by atoms with E-state index in [0.717, 1.165) is 43.6 Å². The second-order valence-electron chi connectivity index (χ2n) is 10.5. The monoisotopic (exact) mass is 536 g/mol. The van der Waals surface area contributed by atoms with Crippen molar-refractivity contribution in [3.8, 4) is 0 Å². The van der Waals surface area contributed by atoms with Crippen LogP contribution in [0, 0.1) is 0 Å². The van der Waals surface area contributed by atoms with Gasteiger partial charge in [0.25, 0.3) is 5.91 Å². The number of hydrogen-bond acceptors (Lipinski definition) is 3. The maximum absolute atomic E-state index is 13.8. The highest BCUT2D eigenvalue weighted by Crippen LogP contribution is 2.40. The number of hydrogen-bond donors (Lipinski definition) is 1. The SMILES string of the molecule is CC(C1C(c2ccc(Cl)c(Cl)c2)CCCN1C(=O)c1ccccc1)N1CCC(O)(c2ccccc2)CC1. The van der Waals surface area contributed by atoms with Gasteiger partial charge in [-0.15, -0.1) is 0 Å². The van der Waals surface area contributed by atoms with Gasteiger partial charge in [0.05, 0.1) is 21.7 Å². The molecule has 2 heterocycles. The number of carbonyl (C=O) groups is 1. The molecule has 2 aliphatic rings. The fourth-order valence-electron chi connectivity index (χ4n) is 6.26. The van der Waals surface area contributed by atoms with E-state index in [1.807, 2.05) is 72.8 Å². The molecule has 1 N–H and O–H groups in total. The largest absolute Gasteiger partial charge is 0.385 e. The highest BCUT2D eigenvalue weighted by molar-refractivity contribution is 6.42. The van der Waals surface area contributed by atoms with E-state index in [1.165, 1.54) is 0 Å². The van der Waals surface area contributed by atoms with Crippen LogP contribution in [0.15, 0.2) is 78.9 Å². The van der Waals surface area contributed by atoms with Crippen LogP contribution in [-0.4, -0.2) is 52.5 Å². The third kappa shape index (κ3) is 5.44. The molecule has 0 aromatic heterocycles. The summed E-state index contributed by atoms with van der Waals surface area (Å²) < 4.78 is 0. The number of nitrogens with zero attached hydrogens (tertiary/aromatic N) is 2. The molecule has 3 unspecified atom stereocenters. The number of benzene rings is 3. The van der Waals surface area contributed by atoms with Crippen molar-refractivity contribution in [3.63, 3.8) is 0 Å². The van der Waals surface area contributed by atoms with Gasteiger partial charge >= 0.3 is 0 Å². The van der Waals surface area contributed by atoms with Gasteiger partial charge in [0.2, 0.25) is 0 Å². The second kappa shape index (κ2) is 11.2. The Morgan fingerprint density at radius 1 is 0.919 bits per heavy atom. The molecule has 0 radical (unpaired) electrons. The normalized spacial score (nSPS) is 23.0. The van der Waals surface area contributed by atoms with Crippen LogP contribution in [-0.2, 0) is 5.60 Å². The van der Waals surface area contributed by atoms with E-state index in [9.17, 15) is 9.90 Å². The highest BCUT2D eigenvalue weighted by Gasteiger charge is 2.43. The van der Waals surface area contributed by atoms with Crippen molar-refractivity contribution in [3.05, 3.63) is 106 Å². The summed E-state index contributed by atoms with van der Waals surface area (Å²) in [6, 6.07) is 25.5. The second-order valence-corrected chi connectivity index (χ2v) is 11.3. The van der Waals surface area contributed by atoms with Gasteiger partial charge in [-0.05, 0) is 68.0 Å². The third-order valence-corrected chi connectivity index (χ3v) is 9.09. The van der Waals surface area contributed by atoms with Crippen molar-refractivity contribution in [1.29, 1.82) is 0 Å². The smallest absolute Gasteiger partial charge is 0.254 e. The Morgan fingerprint density at radius 2 is 1.57 bits per heavy atom. The van der Waals surface area contributed by atoms with Crippen LogP contribution in [0.25, 0.3) is 0 Å². The molecule has 0 saturated carbocycles. The van der Waals surface area contributed by atoms with Gasteiger partial charge < -0.3 is 10.0 Å². The van der Waals surface area contributed by atoms with Gasteiger partial charge in [0, 0.05) is 37.2 Å². The Hall–Kier alpha value is -2.37. The molecule has 1 amide bonds. The lowest BCUT2D eigenvalue weighted by atomic mass is 9.78. The molecule has 2 aliphatic heterocycles. The lowest BCUT2D eigenvalue weighted by Crippen LogP contribution is -2.59. The molecule has 3 aromatic rings. The van der Waals surface area contributed by atoms with Gasteiger partial charge in [0.1, 0.15) is 0 Å².